The van der Waals surface area contributed by atoms with Crippen LogP contribution in [-0.4, -0.2) is 35.2 Å². The molecular weight excluding hydrogens is 392 g/mol. The molecule has 4 rings (SSSR count). The van der Waals surface area contributed by atoms with Gasteiger partial charge in [-0.2, -0.15) is 10.1 Å². The van der Waals surface area contributed by atoms with Crippen LogP contribution in [0.15, 0.2) is 42.0 Å². The van der Waals surface area contributed by atoms with Crippen molar-refractivity contribution in [3.63, 3.8) is 0 Å². The van der Waals surface area contributed by atoms with Gasteiger partial charge in [0.15, 0.2) is 11.5 Å². The number of rotatable bonds is 7. The second kappa shape index (κ2) is 7.98. The van der Waals surface area contributed by atoms with E-state index in [0.717, 1.165) is 22.6 Å². The third-order valence-electron chi connectivity index (χ3n) is 6.00. The molecule has 3 aliphatic rings. The summed E-state index contributed by atoms with van der Waals surface area (Å²) >= 11 is 0. The van der Waals surface area contributed by atoms with Crippen LogP contribution in [0.5, 0.6) is 11.5 Å². The van der Waals surface area contributed by atoms with Crippen molar-refractivity contribution in [3.8, 4) is 11.5 Å². The highest BCUT2D eigenvalue weighted by Crippen LogP contribution is 2.52. The fourth-order valence-corrected chi connectivity index (χ4v) is 4.87. The highest BCUT2D eigenvalue weighted by Gasteiger charge is 2.59. The normalized spacial score (nSPS) is 26.8. The van der Waals surface area contributed by atoms with Crippen LogP contribution in [0.25, 0.3) is 0 Å². The fraction of sp³-hybridized carbons (Fsp3) is 0.480. The lowest BCUT2D eigenvalue weighted by atomic mass is 9.85. The summed E-state index contributed by atoms with van der Waals surface area (Å²) in [5, 5.41) is 5.36. The number of nitrogens with zero attached hydrogens (tertiary/aromatic N) is 2. The van der Waals surface area contributed by atoms with Crippen LogP contribution in [-0.2, 0) is 16.0 Å². The Hall–Kier alpha value is -2.89. The van der Waals surface area contributed by atoms with E-state index in [-0.39, 0.29) is 35.5 Å². The number of allylic oxidation sites excluding steroid dienone is 3. The average molecular weight is 423 g/mol. The van der Waals surface area contributed by atoms with Gasteiger partial charge in [-0.3, -0.25) is 9.59 Å². The Labute approximate surface area is 183 Å². The molecule has 164 valence electrons. The van der Waals surface area contributed by atoms with Gasteiger partial charge in [-0.05, 0) is 70.1 Å². The lowest BCUT2D eigenvalue weighted by Crippen LogP contribution is -2.28. The van der Waals surface area contributed by atoms with Crippen LogP contribution in [0, 0.1) is 23.7 Å². The molecule has 31 heavy (non-hydrogen) atoms. The summed E-state index contributed by atoms with van der Waals surface area (Å²) in [6, 6.07) is 3.77. The molecule has 6 heteroatoms. The molecule has 2 amide bonds. The molecule has 2 fully saturated rings. The predicted octanol–water partition coefficient (Wildman–Crippen LogP) is 4.13. The molecule has 1 heterocycles. The number of hydrogen-bond donors (Lipinski definition) is 0. The number of amides is 2. The molecule has 0 spiro atoms. The maximum Gasteiger partial charge on any atom is 0.254 e. The van der Waals surface area contributed by atoms with Crippen LogP contribution in [0.3, 0.4) is 0 Å². The number of imide groups is 1. The minimum atomic E-state index is -0.392. The van der Waals surface area contributed by atoms with Gasteiger partial charge in [-0.15, -0.1) is 6.58 Å². The maximum absolute atomic E-state index is 12.9. The molecule has 1 aliphatic heterocycles. The summed E-state index contributed by atoms with van der Waals surface area (Å²) in [5.41, 5.74) is 1.26. The van der Waals surface area contributed by atoms with Crippen LogP contribution >= 0.6 is 0 Å². The van der Waals surface area contributed by atoms with E-state index in [9.17, 15) is 9.59 Å². The van der Waals surface area contributed by atoms with E-state index in [0.29, 0.717) is 24.5 Å². The zero-order chi connectivity index (χ0) is 22.3. The van der Waals surface area contributed by atoms with Gasteiger partial charge in [0.1, 0.15) is 5.60 Å². The smallest absolute Gasteiger partial charge is 0.254 e. The topological polar surface area (TPSA) is 68.2 Å². The largest absolute Gasteiger partial charge is 0.490 e. The molecular formula is C25H30N2O4. The minimum absolute atomic E-state index is 0.171. The van der Waals surface area contributed by atoms with E-state index in [4.69, 9.17) is 9.47 Å². The van der Waals surface area contributed by atoms with Crippen LogP contribution in [0.2, 0.25) is 0 Å². The second-order valence-electron chi connectivity index (χ2n) is 9.38. The highest BCUT2D eigenvalue weighted by atomic mass is 16.5. The van der Waals surface area contributed by atoms with Gasteiger partial charge in [0.25, 0.3) is 11.8 Å². The van der Waals surface area contributed by atoms with Crippen molar-refractivity contribution in [1.82, 2.24) is 5.01 Å². The standard InChI is InChI=1S/C25H30N2O4/c1-6-8-18-11-15(12-19(30-7-2)22(18)31-25(3,4)5)14-26-27-23(28)20-16-9-10-17(13-16)21(20)24(27)29/h6,9-12,14,16-17,20-21H,1,7-8,13H2,2-5H3/t16-,17-,20-,21+/m0/s1. The molecule has 1 aromatic carbocycles. The maximum atomic E-state index is 12.9. The van der Waals surface area contributed by atoms with E-state index in [1.54, 1.807) is 12.3 Å². The number of fused-ring (bicyclic) bond motifs is 5. The van der Waals surface area contributed by atoms with E-state index < -0.39 is 5.60 Å². The molecule has 1 saturated carbocycles. The van der Waals surface area contributed by atoms with Crippen molar-refractivity contribution in [2.75, 3.05) is 6.61 Å². The summed E-state index contributed by atoms with van der Waals surface area (Å²) in [6.45, 7) is 12.2. The average Bonchev–Trinajstić information content (AvgIpc) is 3.37. The number of hydrogen-bond acceptors (Lipinski definition) is 5. The third kappa shape index (κ3) is 3.91. The van der Waals surface area contributed by atoms with Crippen molar-refractivity contribution in [2.24, 2.45) is 28.8 Å². The number of carbonyl (C=O) groups is 2. The Balaban J connectivity index is 1.64. The predicted molar refractivity (Wildman–Crippen MR) is 119 cm³/mol. The molecule has 2 aliphatic carbocycles. The Kier molecular flexibility index (Phi) is 5.50. The number of ether oxygens (including phenoxy) is 2. The Morgan fingerprint density at radius 3 is 2.35 bits per heavy atom. The fourth-order valence-electron chi connectivity index (χ4n) is 4.87. The van der Waals surface area contributed by atoms with Crippen molar-refractivity contribution < 1.29 is 19.1 Å². The van der Waals surface area contributed by atoms with Gasteiger partial charge in [0, 0.05) is 5.56 Å². The van der Waals surface area contributed by atoms with Crippen molar-refractivity contribution in [3.05, 3.63) is 48.1 Å². The zero-order valence-electron chi connectivity index (χ0n) is 18.6. The monoisotopic (exact) mass is 422 g/mol. The Morgan fingerprint density at radius 2 is 1.81 bits per heavy atom. The molecule has 0 N–H and O–H groups in total. The van der Waals surface area contributed by atoms with E-state index >= 15 is 0 Å². The highest BCUT2D eigenvalue weighted by molar-refractivity contribution is 6.06. The van der Waals surface area contributed by atoms with Crippen molar-refractivity contribution >= 4 is 18.0 Å². The Bertz CT molecular complexity index is 942. The summed E-state index contributed by atoms with van der Waals surface area (Å²) in [5.74, 6) is 0.746. The van der Waals surface area contributed by atoms with Gasteiger partial charge >= 0.3 is 0 Å². The quantitative estimate of drug-likeness (QED) is 0.376. The number of benzene rings is 1. The lowest BCUT2D eigenvalue weighted by molar-refractivity contribution is -0.140. The lowest BCUT2D eigenvalue weighted by Gasteiger charge is -2.25. The number of carbonyl (C=O) groups excluding carboxylic acids is 2. The van der Waals surface area contributed by atoms with Crippen LogP contribution < -0.4 is 9.47 Å². The van der Waals surface area contributed by atoms with Gasteiger partial charge in [-0.25, -0.2) is 0 Å². The SMILES string of the molecule is C=CCc1cc(C=NN2C(=O)[C@@H]3[C@H](C2=O)[C@H]2C=C[C@H]3C2)cc(OCC)c1OC(C)(C)C. The summed E-state index contributed by atoms with van der Waals surface area (Å²) in [6.07, 6.45) is 9.01. The van der Waals surface area contributed by atoms with Gasteiger partial charge < -0.3 is 9.47 Å². The molecule has 0 aromatic heterocycles. The minimum Gasteiger partial charge on any atom is -0.490 e. The van der Waals surface area contributed by atoms with Gasteiger partial charge in [-0.1, -0.05) is 18.2 Å². The first-order valence-electron chi connectivity index (χ1n) is 10.9. The third-order valence-corrected chi connectivity index (χ3v) is 6.00. The second-order valence-corrected chi connectivity index (χ2v) is 9.38. The van der Waals surface area contributed by atoms with E-state index in [1.165, 1.54) is 0 Å². The first-order valence-corrected chi connectivity index (χ1v) is 10.9. The molecule has 2 bridgehead atoms. The first kappa shape index (κ1) is 21.3. The van der Waals surface area contributed by atoms with Gasteiger partial charge in [0.05, 0.1) is 24.7 Å². The molecule has 1 saturated heterocycles. The van der Waals surface area contributed by atoms with Crippen molar-refractivity contribution in [2.45, 2.75) is 46.1 Å². The van der Waals surface area contributed by atoms with Crippen LogP contribution in [0.1, 0.15) is 45.2 Å². The molecule has 6 nitrogen and oxygen atoms in total. The molecule has 0 radical (unpaired) electrons. The van der Waals surface area contributed by atoms with Gasteiger partial charge in [0.2, 0.25) is 0 Å². The van der Waals surface area contributed by atoms with Crippen LogP contribution in [0.4, 0.5) is 0 Å². The van der Waals surface area contributed by atoms with Crippen molar-refractivity contribution in [1.29, 1.82) is 0 Å². The zero-order valence-corrected chi connectivity index (χ0v) is 18.6. The molecule has 0 unspecified atom stereocenters. The molecule has 1 aromatic rings. The van der Waals surface area contributed by atoms with E-state index in [1.807, 2.05) is 39.8 Å². The number of hydrazone groups is 1. The van der Waals surface area contributed by atoms with E-state index in [2.05, 4.69) is 23.8 Å². The summed E-state index contributed by atoms with van der Waals surface area (Å²) < 4.78 is 12.0. The Morgan fingerprint density at radius 1 is 1.16 bits per heavy atom. The first-order chi connectivity index (χ1) is 14.7. The summed E-state index contributed by atoms with van der Waals surface area (Å²) in [7, 11) is 0. The summed E-state index contributed by atoms with van der Waals surface area (Å²) in [4.78, 5) is 25.7. The molecule has 4 atom stereocenters.